The topological polar surface area (TPSA) is 42.0 Å². The van der Waals surface area contributed by atoms with Crippen molar-refractivity contribution in [3.8, 4) is 0 Å². The molecule has 1 aromatic rings. The van der Waals surface area contributed by atoms with Gasteiger partial charge < -0.3 is 5.32 Å². The summed E-state index contributed by atoms with van der Waals surface area (Å²) >= 11 is 3.25. The number of pyridine rings is 1. The zero-order chi connectivity index (χ0) is 11.8. The molecular weight excluding hydrogens is 268 g/mol. The Balaban J connectivity index is 1.89. The Bertz CT molecular complexity index is 417. The van der Waals surface area contributed by atoms with Gasteiger partial charge in [0.25, 0.3) is 5.91 Å². The molecule has 0 aliphatic heterocycles. The number of halogens is 1. The Hall–Kier alpha value is -0.900. The van der Waals surface area contributed by atoms with Gasteiger partial charge in [0, 0.05) is 18.3 Å². The number of aromatic nitrogens is 1. The molecule has 2 rings (SSSR count). The lowest BCUT2D eigenvalue weighted by molar-refractivity contribution is 0.0950. The highest BCUT2D eigenvalue weighted by Gasteiger charge is 2.45. The highest BCUT2D eigenvalue weighted by Crippen LogP contribution is 2.50. The number of hydrogen-bond acceptors (Lipinski definition) is 2. The molecule has 1 fully saturated rings. The molecule has 1 heterocycles. The van der Waals surface area contributed by atoms with Crippen LogP contribution < -0.4 is 5.32 Å². The molecule has 1 unspecified atom stereocenters. The van der Waals surface area contributed by atoms with Crippen LogP contribution in [0.25, 0.3) is 0 Å². The highest BCUT2D eigenvalue weighted by atomic mass is 79.9. The largest absolute Gasteiger partial charge is 0.352 e. The summed E-state index contributed by atoms with van der Waals surface area (Å²) in [4.78, 5) is 15.8. The van der Waals surface area contributed by atoms with Crippen molar-refractivity contribution in [1.82, 2.24) is 10.3 Å². The van der Waals surface area contributed by atoms with Crippen molar-refractivity contribution in [2.24, 2.45) is 11.3 Å². The van der Waals surface area contributed by atoms with E-state index in [1.807, 2.05) is 0 Å². The molecular formula is C12H15BrN2O. The lowest BCUT2D eigenvalue weighted by Crippen LogP contribution is -2.26. The summed E-state index contributed by atoms with van der Waals surface area (Å²) in [6, 6.07) is 3.45. The fourth-order valence-corrected chi connectivity index (χ4v) is 2.15. The van der Waals surface area contributed by atoms with E-state index in [4.69, 9.17) is 0 Å². The monoisotopic (exact) mass is 282 g/mol. The van der Waals surface area contributed by atoms with Crippen LogP contribution in [0, 0.1) is 11.3 Å². The molecule has 0 saturated heterocycles. The molecule has 0 radical (unpaired) electrons. The summed E-state index contributed by atoms with van der Waals surface area (Å²) in [5, 5.41) is 2.96. The normalized spacial score (nSPS) is 21.6. The van der Waals surface area contributed by atoms with Gasteiger partial charge >= 0.3 is 0 Å². The zero-order valence-corrected chi connectivity index (χ0v) is 11.0. The van der Waals surface area contributed by atoms with Gasteiger partial charge in [0.05, 0.1) is 0 Å². The van der Waals surface area contributed by atoms with Crippen LogP contribution in [-0.4, -0.2) is 17.4 Å². The number of carbonyl (C=O) groups excluding carboxylic acids is 1. The van der Waals surface area contributed by atoms with Crippen molar-refractivity contribution in [1.29, 1.82) is 0 Å². The standard InChI is InChI=1S/C12H15BrN2O/c1-12(2)6-9(12)7-15-11(16)8-3-4-14-10(13)5-8/h3-5,9H,6-7H2,1-2H3,(H,15,16). The second-order valence-electron chi connectivity index (χ2n) is 4.97. The number of nitrogens with one attached hydrogen (secondary N) is 1. The first-order valence-electron chi connectivity index (χ1n) is 5.39. The van der Waals surface area contributed by atoms with E-state index in [0.717, 1.165) is 6.54 Å². The summed E-state index contributed by atoms with van der Waals surface area (Å²) in [6.45, 7) is 5.23. The van der Waals surface area contributed by atoms with Crippen LogP contribution in [-0.2, 0) is 0 Å². The Morgan fingerprint density at radius 3 is 2.94 bits per heavy atom. The van der Waals surface area contributed by atoms with Crippen LogP contribution in [0.5, 0.6) is 0 Å². The van der Waals surface area contributed by atoms with E-state index in [-0.39, 0.29) is 5.91 Å². The maximum atomic E-state index is 11.8. The van der Waals surface area contributed by atoms with Crippen LogP contribution in [0.15, 0.2) is 22.9 Å². The third kappa shape index (κ3) is 2.61. The van der Waals surface area contributed by atoms with Gasteiger partial charge in [-0.3, -0.25) is 4.79 Å². The molecule has 0 spiro atoms. The summed E-state index contributed by atoms with van der Waals surface area (Å²) in [5.41, 5.74) is 1.06. The highest BCUT2D eigenvalue weighted by molar-refractivity contribution is 9.10. The van der Waals surface area contributed by atoms with Crippen molar-refractivity contribution < 1.29 is 4.79 Å². The van der Waals surface area contributed by atoms with Gasteiger partial charge in [-0.05, 0) is 45.8 Å². The minimum absolute atomic E-state index is 0.0224. The lowest BCUT2D eigenvalue weighted by atomic mass is 10.1. The van der Waals surface area contributed by atoms with Crippen LogP contribution in [0.4, 0.5) is 0 Å². The first-order chi connectivity index (χ1) is 7.49. The van der Waals surface area contributed by atoms with Crippen molar-refractivity contribution in [2.75, 3.05) is 6.54 Å². The van der Waals surface area contributed by atoms with Gasteiger partial charge in [-0.15, -0.1) is 0 Å². The molecule has 1 saturated carbocycles. The van der Waals surface area contributed by atoms with Crippen LogP contribution in [0.2, 0.25) is 0 Å². The Morgan fingerprint density at radius 1 is 1.69 bits per heavy atom. The molecule has 16 heavy (non-hydrogen) atoms. The predicted octanol–water partition coefficient (Wildman–Crippen LogP) is 2.62. The average Bonchev–Trinajstić information content (AvgIpc) is 2.83. The van der Waals surface area contributed by atoms with E-state index >= 15 is 0 Å². The quantitative estimate of drug-likeness (QED) is 0.866. The molecule has 1 aromatic heterocycles. The minimum atomic E-state index is -0.0224. The van der Waals surface area contributed by atoms with E-state index < -0.39 is 0 Å². The van der Waals surface area contributed by atoms with Crippen molar-refractivity contribution in [2.45, 2.75) is 20.3 Å². The van der Waals surface area contributed by atoms with E-state index in [1.165, 1.54) is 6.42 Å². The molecule has 86 valence electrons. The summed E-state index contributed by atoms with van der Waals surface area (Å²) in [6.07, 6.45) is 2.83. The van der Waals surface area contributed by atoms with Crippen LogP contribution in [0.3, 0.4) is 0 Å². The smallest absolute Gasteiger partial charge is 0.251 e. The number of nitrogens with zero attached hydrogens (tertiary/aromatic N) is 1. The van der Waals surface area contributed by atoms with Crippen molar-refractivity contribution in [3.63, 3.8) is 0 Å². The van der Waals surface area contributed by atoms with E-state index in [1.54, 1.807) is 18.3 Å². The zero-order valence-electron chi connectivity index (χ0n) is 9.46. The Labute approximate surface area is 104 Å². The van der Waals surface area contributed by atoms with Gasteiger partial charge in [0.1, 0.15) is 4.60 Å². The van der Waals surface area contributed by atoms with Gasteiger partial charge in [0.15, 0.2) is 0 Å². The van der Waals surface area contributed by atoms with Crippen molar-refractivity contribution in [3.05, 3.63) is 28.5 Å². The Kier molecular flexibility index (Phi) is 3.02. The lowest BCUT2D eigenvalue weighted by Gasteiger charge is -2.06. The van der Waals surface area contributed by atoms with E-state index in [0.29, 0.717) is 21.5 Å². The summed E-state index contributed by atoms with van der Waals surface area (Å²) in [5.74, 6) is 0.604. The van der Waals surface area contributed by atoms with Crippen LogP contribution in [0.1, 0.15) is 30.6 Å². The van der Waals surface area contributed by atoms with E-state index in [9.17, 15) is 4.79 Å². The maximum Gasteiger partial charge on any atom is 0.251 e. The molecule has 0 bridgehead atoms. The maximum absolute atomic E-state index is 11.8. The molecule has 1 N–H and O–H groups in total. The van der Waals surface area contributed by atoms with Gasteiger partial charge in [-0.1, -0.05) is 13.8 Å². The minimum Gasteiger partial charge on any atom is -0.352 e. The predicted molar refractivity (Wildman–Crippen MR) is 66.2 cm³/mol. The SMILES string of the molecule is CC1(C)CC1CNC(=O)c1ccnc(Br)c1. The fraction of sp³-hybridized carbons (Fsp3) is 0.500. The Morgan fingerprint density at radius 2 is 2.38 bits per heavy atom. The molecule has 4 heteroatoms. The van der Waals surface area contributed by atoms with Crippen LogP contribution >= 0.6 is 15.9 Å². The number of rotatable bonds is 3. The first-order valence-corrected chi connectivity index (χ1v) is 6.18. The summed E-state index contributed by atoms with van der Waals surface area (Å²) in [7, 11) is 0. The van der Waals surface area contributed by atoms with Crippen molar-refractivity contribution >= 4 is 21.8 Å². The molecule has 1 aliphatic rings. The molecule has 1 amide bonds. The number of amides is 1. The van der Waals surface area contributed by atoms with Gasteiger partial charge in [-0.2, -0.15) is 0 Å². The second kappa shape index (κ2) is 4.17. The van der Waals surface area contributed by atoms with Gasteiger partial charge in [0.2, 0.25) is 0 Å². The summed E-state index contributed by atoms with van der Waals surface area (Å²) < 4.78 is 0.687. The first kappa shape index (κ1) is 11.6. The third-order valence-corrected chi connectivity index (χ3v) is 3.65. The molecule has 0 aromatic carbocycles. The second-order valence-corrected chi connectivity index (χ2v) is 5.78. The van der Waals surface area contributed by atoms with Gasteiger partial charge in [-0.25, -0.2) is 4.98 Å². The fourth-order valence-electron chi connectivity index (χ4n) is 1.79. The molecule has 1 atom stereocenters. The average molecular weight is 283 g/mol. The number of hydrogen-bond donors (Lipinski definition) is 1. The van der Waals surface area contributed by atoms with E-state index in [2.05, 4.69) is 40.1 Å². The third-order valence-electron chi connectivity index (χ3n) is 3.22. The molecule has 1 aliphatic carbocycles. The number of carbonyl (C=O) groups is 1. The molecule has 3 nitrogen and oxygen atoms in total.